The minimum absolute atomic E-state index is 0.401. The number of carbonyl (C=O) groups is 1. The fourth-order valence-electron chi connectivity index (χ4n) is 3.62. The van der Waals surface area contributed by atoms with E-state index in [2.05, 4.69) is 23.5 Å². The molecule has 2 aromatic rings. The number of nitrogens with two attached hydrogens (primary N) is 1. The molecular formula is C22H27N2O3. The lowest BCUT2D eigenvalue weighted by molar-refractivity contribution is 0.207. The highest BCUT2D eigenvalue weighted by atomic mass is 16.5. The maximum absolute atomic E-state index is 11.1. The molecule has 0 saturated carbocycles. The quantitative estimate of drug-likeness (QED) is 0.809. The number of carbonyl (C=O) groups excluding carboxylic acids is 1. The van der Waals surface area contributed by atoms with Gasteiger partial charge in [0.05, 0.1) is 7.11 Å². The number of likely N-dealkylation sites (tertiary alicyclic amines) is 1. The fraction of sp³-hybridized carbons (Fsp3) is 0.364. The van der Waals surface area contributed by atoms with Crippen LogP contribution in [0.2, 0.25) is 0 Å². The van der Waals surface area contributed by atoms with Gasteiger partial charge >= 0.3 is 6.09 Å². The predicted octanol–water partition coefficient (Wildman–Crippen LogP) is 3.78. The van der Waals surface area contributed by atoms with E-state index in [0.717, 1.165) is 50.2 Å². The van der Waals surface area contributed by atoms with E-state index in [-0.39, 0.29) is 0 Å². The summed E-state index contributed by atoms with van der Waals surface area (Å²) in [6, 6.07) is 15.9. The lowest BCUT2D eigenvalue weighted by atomic mass is 9.88. The Bertz CT molecular complexity index is 737. The van der Waals surface area contributed by atoms with Crippen LogP contribution in [-0.2, 0) is 6.42 Å². The van der Waals surface area contributed by atoms with E-state index in [1.54, 1.807) is 7.11 Å². The van der Waals surface area contributed by atoms with Gasteiger partial charge in [0.1, 0.15) is 11.5 Å². The second-order valence-corrected chi connectivity index (χ2v) is 6.87. The van der Waals surface area contributed by atoms with E-state index < -0.39 is 6.09 Å². The van der Waals surface area contributed by atoms with E-state index in [1.165, 1.54) is 5.56 Å². The van der Waals surface area contributed by atoms with Crippen molar-refractivity contribution >= 4 is 6.09 Å². The predicted molar refractivity (Wildman–Crippen MR) is 106 cm³/mol. The lowest BCUT2D eigenvalue weighted by Gasteiger charge is -2.32. The maximum atomic E-state index is 11.1. The second kappa shape index (κ2) is 9.42. The molecule has 0 spiro atoms. The first-order valence-corrected chi connectivity index (χ1v) is 9.39. The van der Waals surface area contributed by atoms with E-state index in [1.807, 2.05) is 36.4 Å². The largest absolute Gasteiger partial charge is 0.497 e. The average molecular weight is 367 g/mol. The molecule has 3 rings (SSSR count). The van der Waals surface area contributed by atoms with Gasteiger partial charge in [-0.25, -0.2) is 4.79 Å². The topological polar surface area (TPSA) is 64.8 Å². The summed E-state index contributed by atoms with van der Waals surface area (Å²) in [7, 11) is 1.68. The number of nitrogens with zero attached hydrogens (tertiary/aromatic N) is 1. The molecule has 2 N–H and O–H groups in total. The second-order valence-electron chi connectivity index (χ2n) is 6.87. The van der Waals surface area contributed by atoms with Crippen LogP contribution in [0.15, 0.2) is 48.5 Å². The van der Waals surface area contributed by atoms with Crippen LogP contribution in [0.25, 0.3) is 0 Å². The molecule has 1 heterocycles. The van der Waals surface area contributed by atoms with Gasteiger partial charge in [0.25, 0.3) is 0 Å². The molecule has 0 aromatic heterocycles. The van der Waals surface area contributed by atoms with E-state index >= 15 is 0 Å². The Morgan fingerprint density at radius 3 is 2.52 bits per heavy atom. The van der Waals surface area contributed by atoms with E-state index in [4.69, 9.17) is 15.2 Å². The van der Waals surface area contributed by atoms with Crippen LogP contribution in [-0.4, -0.2) is 37.7 Å². The molecule has 0 unspecified atom stereocenters. The van der Waals surface area contributed by atoms with Crippen molar-refractivity contribution in [2.24, 2.45) is 5.73 Å². The summed E-state index contributed by atoms with van der Waals surface area (Å²) < 4.78 is 10.4. The number of hydrogen-bond acceptors (Lipinski definition) is 4. The normalized spacial score (nSPS) is 15.4. The Morgan fingerprint density at radius 2 is 1.85 bits per heavy atom. The molecule has 1 amide bonds. The minimum atomic E-state index is -0.756. The first-order valence-electron chi connectivity index (χ1n) is 9.39. The Kier molecular flexibility index (Phi) is 6.71. The van der Waals surface area contributed by atoms with Gasteiger partial charge in [-0.15, -0.1) is 0 Å². The van der Waals surface area contributed by atoms with E-state index in [9.17, 15) is 4.79 Å². The third kappa shape index (κ3) is 5.47. The molecule has 1 aliphatic heterocycles. The smallest absolute Gasteiger partial charge is 0.409 e. The van der Waals surface area contributed by atoms with Gasteiger partial charge in [0.2, 0.25) is 0 Å². The van der Waals surface area contributed by atoms with Crippen molar-refractivity contribution in [2.75, 3.05) is 26.7 Å². The highest BCUT2D eigenvalue weighted by Crippen LogP contribution is 2.34. The van der Waals surface area contributed by atoms with Gasteiger partial charge < -0.3 is 20.1 Å². The first kappa shape index (κ1) is 19.2. The zero-order chi connectivity index (χ0) is 19.1. The number of piperidine rings is 1. The molecule has 27 heavy (non-hydrogen) atoms. The van der Waals surface area contributed by atoms with Crippen LogP contribution < -0.4 is 15.2 Å². The van der Waals surface area contributed by atoms with Crippen LogP contribution >= 0.6 is 0 Å². The summed E-state index contributed by atoms with van der Waals surface area (Å²) in [5.74, 6) is 1.88. The Labute approximate surface area is 161 Å². The van der Waals surface area contributed by atoms with Gasteiger partial charge in [-0.1, -0.05) is 30.3 Å². The number of amides is 1. The van der Waals surface area contributed by atoms with Crippen molar-refractivity contribution in [3.63, 3.8) is 0 Å². The van der Waals surface area contributed by atoms with Crippen molar-refractivity contribution in [3.05, 3.63) is 66.1 Å². The van der Waals surface area contributed by atoms with Crippen LogP contribution in [0.4, 0.5) is 4.79 Å². The van der Waals surface area contributed by atoms with Gasteiger partial charge in [0, 0.05) is 6.54 Å². The number of para-hydroxylation sites is 1. The van der Waals surface area contributed by atoms with Crippen molar-refractivity contribution in [1.29, 1.82) is 0 Å². The standard InChI is InChI=1S/C22H27N2O3/c1-26-19-10-8-17(9-11-19)5-4-14-24-15-12-18(13-16-24)20-6-2-3-7-21(20)27-22(23)25/h2-4,6-11,18H,5,12-16H2,1H3,(H2,23,25). The number of methoxy groups -OCH3 is 1. The summed E-state index contributed by atoms with van der Waals surface area (Å²) in [6.45, 7) is 3.06. The summed E-state index contributed by atoms with van der Waals surface area (Å²) in [5, 5.41) is 0. The molecule has 2 aromatic carbocycles. The van der Waals surface area contributed by atoms with Gasteiger partial charge in [-0.3, -0.25) is 0 Å². The highest BCUT2D eigenvalue weighted by molar-refractivity contribution is 5.68. The Morgan fingerprint density at radius 1 is 1.15 bits per heavy atom. The number of benzene rings is 2. The molecule has 1 fully saturated rings. The molecule has 1 radical (unpaired) electrons. The number of ether oxygens (including phenoxy) is 2. The molecule has 1 saturated heterocycles. The number of hydrogen-bond donors (Lipinski definition) is 1. The fourth-order valence-corrected chi connectivity index (χ4v) is 3.62. The van der Waals surface area contributed by atoms with Crippen LogP contribution in [0.3, 0.4) is 0 Å². The lowest BCUT2D eigenvalue weighted by Crippen LogP contribution is -2.34. The Balaban J connectivity index is 1.45. The van der Waals surface area contributed by atoms with Crippen LogP contribution in [0.5, 0.6) is 11.5 Å². The molecule has 5 heteroatoms. The molecule has 0 atom stereocenters. The first-order chi connectivity index (χ1) is 13.2. The molecule has 5 nitrogen and oxygen atoms in total. The van der Waals surface area contributed by atoms with Crippen LogP contribution in [0, 0.1) is 6.42 Å². The summed E-state index contributed by atoms with van der Waals surface area (Å²) in [5.41, 5.74) is 7.56. The van der Waals surface area contributed by atoms with E-state index in [0.29, 0.717) is 11.7 Å². The average Bonchev–Trinajstić information content (AvgIpc) is 2.69. The Hall–Kier alpha value is -2.53. The molecule has 143 valence electrons. The van der Waals surface area contributed by atoms with Crippen molar-refractivity contribution in [1.82, 2.24) is 4.90 Å². The van der Waals surface area contributed by atoms with Gasteiger partial charge in [-0.05, 0) is 74.0 Å². The molecule has 0 aliphatic carbocycles. The van der Waals surface area contributed by atoms with Crippen molar-refractivity contribution in [2.45, 2.75) is 25.2 Å². The minimum Gasteiger partial charge on any atom is -0.497 e. The van der Waals surface area contributed by atoms with Gasteiger partial charge in [-0.2, -0.15) is 0 Å². The third-order valence-corrected chi connectivity index (χ3v) is 5.08. The number of primary amides is 1. The third-order valence-electron chi connectivity index (χ3n) is 5.08. The number of rotatable bonds is 7. The summed E-state index contributed by atoms with van der Waals surface area (Å²) >= 11 is 0. The maximum Gasteiger partial charge on any atom is 0.409 e. The molecular weight excluding hydrogens is 340 g/mol. The molecule has 1 aliphatic rings. The van der Waals surface area contributed by atoms with Gasteiger partial charge in [0.15, 0.2) is 0 Å². The zero-order valence-corrected chi connectivity index (χ0v) is 15.8. The summed E-state index contributed by atoms with van der Waals surface area (Å²) in [4.78, 5) is 13.6. The van der Waals surface area contributed by atoms with Crippen LogP contribution in [0.1, 0.15) is 29.9 Å². The monoisotopic (exact) mass is 367 g/mol. The van der Waals surface area contributed by atoms with Crippen molar-refractivity contribution in [3.8, 4) is 11.5 Å². The summed E-state index contributed by atoms with van der Waals surface area (Å²) in [6.07, 6.45) is 4.63. The van der Waals surface area contributed by atoms with Crippen molar-refractivity contribution < 1.29 is 14.3 Å². The highest BCUT2D eigenvalue weighted by Gasteiger charge is 2.23. The molecule has 0 bridgehead atoms. The SMILES string of the molecule is COc1ccc(C[CH]CN2CCC(c3ccccc3OC(N)=O)CC2)cc1. The zero-order valence-electron chi connectivity index (χ0n) is 15.8.